The summed E-state index contributed by atoms with van der Waals surface area (Å²) in [6.07, 6.45) is 0.102. The molecule has 0 saturated carbocycles. The molecule has 7 nitrogen and oxygen atoms in total. The second-order valence-corrected chi connectivity index (χ2v) is 8.05. The molecule has 2 aliphatic heterocycles. The summed E-state index contributed by atoms with van der Waals surface area (Å²) in [5.74, 6) is 0.958. The number of pyridine rings is 1. The second-order valence-electron chi connectivity index (χ2n) is 8.05. The standard InChI is InChI=1S/C25H30N6O/c1-7-30(8-2)23-14-13-21(17(5)26-23)27-24-18(6)31(28-16(3)4)29-25(24)20-12-10-9-11-19(20)22-15-32-22/h9-14,22H,6-8,15H2,1-5H3/b27-24+. The molecule has 0 amide bonds. The number of hydrogen-bond acceptors (Lipinski definition) is 7. The maximum absolute atomic E-state index is 5.57. The van der Waals surface area contributed by atoms with Gasteiger partial charge in [-0.2, -0.15) is 5.10 Å². The van der Waals surface area contributed by atoms with Crippen LogP contribution in [0.15, 0.2) is 63.9 Å². The van der Waals surface area contributed by atoms with Gasteiger partial charge in [-0.3, -0.25) is 0 Å². The van der Waals surface area contributed by atoms with Crippen LogP contribution < -0.4 is 4.90 Å². The zero-order valence-corrected chi connectivity index (χ0v) is 19.5. The summed E-state index contributed by atoms with van der Waals surface area (Å²) in [7, 11) is 0. The number of aryl methyl sites for hydroxylation is 1. The van der Waals surface area contributed by atoms with Crippen LogP contribution in [0.2, 0.25) is 0 Å². The summed E-state index contributed by atoms with van der Waals surface area (Å²) in [6.45, 7) is 16.9. The van der Waals surface area contributed by atoms with Crippen molar-refractivity contribution in [3.63, 3.8) is 0 Å². The Kier molecular flexibility index (Phi) is 6.19. The fourth-order valence-corrected chi connectivity index (χ4v) is 3.73. The molecule has 1 atom stereocenters. The highest BCUT2D eigenvalue weighted by Gasteiger charge is 2.34. The lowest BCUT2D eigenvalue weighted by Gasteiger charge is -2.20. The third-order valence-corrected chi connectivity index (χ3v) is 5.49. The topological polar surface area (TPSA) is 69.0 Å². The van der Waals surface area contributed by atoms with Gasteiger partial charge in [-0.15, -0.1) is 10.2 Å². The summed E-state index contributed by atoms with van der Waals surface area (Å²) < 4.78 is 5.57. The first-order valence-corrected chi connectivity index (χ1v) is 11.0. The van der Waals surface area contributed by atoms with Crippen molar-refractivity contribution >= 4 is 28.6 Å². The van der Waals surface area contributed by atoms with Crippen LogP contribution in [-0.2, 0) is 4.74 Å². The number of epoxide rings is 1. The maximum atomic E-state index is 5.57. The Bertz CT molecular complexity index is 1120. The van der Waals surface area contributed by atoms with Crippen molar-refractivity contribution in [2.24, 2.45) is 15.2 Å². The summed E-state index contributed by atoms with van der Waals surface area (Å²) in [5.41, 5.74) is 6.73. The largest absolute Gasteiger partial charge is 0.368 e. The first-order chi connectivity index (χ1) is 15.4. The molecule has 1 unspecified atom stereocenters. The Morgan fingerprint density at radius 3 is 2.53 bits per heavy atom. The number of aromatic nitrogens is 1. The normalized spacial score (nSPS) is 18.7. The number of nitrogens with zero attached hydrogens (tertiary/aromatic N) is 6. The molecule has 7 heteroatoms. The van der Waals surface area contributed by atoms with Gasteiger partial charge in [0, 0.05) is 24.4 Å². The number of rotatable bonds is 7. The average molecular weight is 431 g/mol. The van der Waals surface area contributed by atoms with E-state index in [0.29, 0.717) is 11.4 Å². The number of anilines is 1. The van der Waals surface area contributed by atoms with Gasteiger partial charge in [0.25, 0.3) is 0 Å². The molecular formula is C25H30N6O. The highest BCUT2D eigenvalue weighted by Crippen LogP contribution is 2.35. The highest BCUT2D eigenvalue weighted by molar-refractivity contribution is 6.55. The molecule has 0 aliphatic carbocycles. The van der Waals surface area contributed by atoms with Crippen LogP contribution in [0.25, 0.3) is 0 Å². The fraction of sp³-hybridized carbons (Fsp3) is 0.360. The first kappa shape index (κ1) is 21.9. The monoisotopic (exact) mass is 430 g/mol. The molecule has 166 valence electrons. The quantitative estimate of drug-likeness (QED) is 0.457. The van der Waals surface area contributed by atoms with Gasteiger partial charge in [0.2, 0.25) is 0 Å². The van der Waals surface area contributed by atoms with Crippen molar-refractivity contribution < 1.29 is 4.74 Å². The van der Waals surface area contributed by atoms with Crippen LogP contribution in [0.3, 0.4) is 0 Å². The van der Waals surface area contributed by atoms with E-state index in [1.807, 2.05) is 45.0 Å². The van der Waals surface area contributed by atoms with Crippen LogP contribution in [0.1, 0.15) is 50.6 Å². The van der Waals surface area contributed by atoms with Crippen molar-refractivity contribution in [2.75, 3.05) is 24.6 Å². The summed E-state index contributed by atoms with van der Waals surface area (Å²) in [5, 5.41) is 10.9. The smallest absolute Gasteiger partial charge is 0.128 e. The SMILES string of the molecule is C=C1/C(=N\c2ccc(N(CC)CC)nc2C)C(c2ccccc2C2CO2)=NN1N=C(C)C. The fourth-order valence-electron chi connectivity index (χ4n) is 3.73. The van der Waals surface area contributed by atoms with Crippen LogP contribution in [0, 0.1) is 6.92 Å². The number of benzene rings is 1. The van der Waals surface area contributed by atoms with Gasteiger partial charge in [0.1, 0.15) is 29.0 Å². The van der Waals surface area contributed by atoms with Gasteiger partial charge < -0.3 is 9.64 Å². The van der Waals surface area contributed by atoms with Gasteiger partial charge in [0.05, 0.1) is 18.0 Å². The van der Waals surface area contributed by atoms with Crippen LogP contribution >= 0.6 is 0 Å². The molecule has 3 heterocycles. The number of hydrazone groups is 2. The van der Waals surface area contributed by atoms with Crippen LogP contribution in [0.5, 0.6) is 0 Å². The Balaban J connectivity index is 1.79. The van der Waals surface area contributed by atoms with Crippen molar-refractivity contribution in [3.8, 4) is 0 Å². The Hall–Kier alpha value is -3.32. The molecule has 1 fully saturated rings. The van der Waals surface area contributed by atoms with Gasteiger partial charge in [-0.1, -0.05) is 30.8 Å². The van der Waals surface area contributed by atoms with Crippen molar-refractivity contribution in [1.29, 1.82) is 0 Å². The van der Waals surface area contributed by atoms with E-state index in [9.17, 15) is 0 Å². The molecule has 2 aliphatic rings. The third-order valence-electron chi connectivity index (χ3n) is 5.49. The molecule has 4 rings (SSSR count). The van der Waals surface area contributed by atoms with Gasteiger partial charge in [-0.05, 0) is 52.3 Å². The van der Waals surface area contributed by atoms with Crippen molar-refractivity contribution in [2.45, 2.75) is 40.7 Å². The molecular weight excluding hydrogens is 400 g/mol. The van der Waals surface area contributed by atoms with E-state index < -0.39 is 0 Å². The Morgan fingerprint density at radius 1 is 1.19 bits per heavy atom. The van der Waals surface area contributed by atoms with E-state index in [1.54, 1.807) is 5.12 Å². The van der Waals surface area contributed by atoms with Crippen molar-refractivity contribution in [1.82, 2.24) is 10.1 Å². The molecule has 0 radical (unpaired) electrons. The maximum Gasteiger partial charge on any atom is 0.128 e. The molecule has 0 bridgehead atoms. The molecule has 1 aromatic heterocycles. The van der Waals surface area contributed by atoms with Gasteiger partial charge >= 0.3 is 0 Å². The predicted octanol–water partition coefficient (Wildman–Crippen LogP) is 5.01. The van der Waals surface area contributed by atoms with E-state index >= 15 is 0 Å². The molecule has 32 heavy (non-hydrogen) atoms. The lowest BCUT2D eigenvalue weighted by molar-refractivity contribution is 0.414. The molecule has 2 aromatic rings. The lowest BCUT2D eigenvalue weighted by Crippen LogP contribution is -2.23. The zero-order chi connectivity index (χ0) is 22.8. The first-order valence-electron chi connectivity index (χ1n) is 11.0. The van der Waals surface area contributed by atoms with E-state index in [1.165, 1.54) is 0 Å². The molecule has 1 saturated heterocycles. The molecule has 0 N–H and O–H groups in total. The van der Waals surface area contributed by atoms with E-state index in [4.69, 9.17) is 19.8 Å². The lowest BCUT2D eigenvalue weighted by atomic mass is 9.97. The molecule has 0 spiro atoms. The number of allylic oxidation sites excluding steroid dienone is 1. The van der Waals surface area contributed by atoms with E-state index in [-0.39, 0.29) is 6.10 Å². The summed E-state index contributed by atoms with van der Waals surface area (Å²) in [4.78, 5) is 12.0. The number of aliphatic imine (C=N–C) groups is 1. The molecule has 1 aromatic carbocycles. The minimum atomic E-state index is 0.102. The van der Waals surface area contributed by atoms with Crippen LogP contribution in [0.4, 0.5) is 11.5 Å². The Labute approximate surface area is 189 Å². The van der Waals surface area contributed by atoms with E-state index in [2.05, 4.69) is 42.6 Å². The number of ether oxygens (including phenoxy) is 1. The zero-order valence-electron chi connectivity index (χ0n) is 19.5. The highest BCUT2D eigenvalue weighted by atomic mass is 16.6. The average Bonchev–Trinajstić information content (AvgIpc) is 3.58. The summed E-state index contributed by atoms with van der Waals surface area (Å²) >= 11 is 0. The van der Waals surface area contributed by atoms with Gasteiger partial charge in [0.15, 0.2) is 0 Å². The van der Waals surface area contributed by atoms with Crippen molar-refractivity contribution in [3.05, 3.63) is 65.5 Å². The number of hydrogen-bond donors (Lipinski definition) is 0. The minimum Gasteiger partial charge on any atom is -0.368 e. The third kappa shape index (κ3) is 4.34. The van der Waals surface area contributed by atoms with Crippen LogP contribution in [-0.4, -0.2) is 46.9 Å². The predicted molar refractivity (Wildman–Crippen MR) is 131 cm³/mol. The summed E-state index contributed by atoms with van der Waals surface area (Å²) in [6, 6.07) is 12.2. The minimum absolute atomic E-state index is 0.102. The Morgan fingerprint density at radius 2 is 1.91 bits per heavy atom. The van der Waals surface area contributed by atoms with E-state index in [0.717, 1.165) is 59.4 Å². The van der Waals surface area contributed by atoms with Gasteiger partial charge in [-0.25, -0.2) is 9.98 Å². The second kappa shape index (κ2) is 9.04.